The van der Waals surface area contributed by atoms with Gasteiger partial charge in [0.1, 0.15) is 0 Å². The first-order valence-electron chi connectivity index (χ1n) is 5.65. The fraction of sp³-hybridized carbons (Fsp3) is 0.286. The minimum atomic E-state index is -0.0754. The van der Waals surface area contributed by atoms with Crippen molar-refractivity contribution in [3.05, 3.63) is 53.6 Å². The summed E-state index contributed by atoms with van der Waals surface area (Å²) in [7, 11) is 0. The highest BCUT2D eigenvalue weighted by Crippen LogP contribution is 2.30. The molecule has 0 amide bonds. The topological polar surface area (TPSA) is 52.0 Å². The normalized spacial score (nSPS) is 21.6. The summed E-state index contributed by atoms with van der Waals surface area (Å²) in [6, 6.07) is 7.74. The van der Waals surface area contributed by atoms with Gasteiger partial charge in [0.15, 0.2) is 0 Å². The standard InChI is InChI=1S/C14H18N2/c1-10-5-4-6-11(9-10)14(16)12-7-2-3-8-13(12)15/h2-8,10,14H,9,15-16H2,1H3. The average molecular weight is 214 g/mol. The van der Waals surface area contributed by atoms with Crippen LogP contribution in [0.15, 0.2) is 48.1 Å². The number of nitrogen functional groups attached to an aromatic ring is 1. The number of benzene rings is 1. The summed E-state index contributed by atoms with van der Waals surface area (Å²) in [5.41, 5.74) is 15.2. The summed E-state index contributed by atoms with van der Waals surface area (Å²) in [5, 5.41) is 0. The highest BCUT2D eigenvalue weighted by molar-refractivity contribution is 5.51. The lowest BCUT2D eigenvalue weighted by molar-refractivity contribution is 0.653. The van der Waals surface area contributed by atoms with Gasteiger partial charge in [0, 0.05) is 5.69 Å². The first-order chi connectivity index (χ1) is 7.68. The van der Waals surface area contributed by atoms with Crippen LogP contribution in [0.2, 0.25) is 0 Å². The van der Waals surface area contributed by atoms with Gasteiger partial charge in [-0.3, -0.25) is 0 Å². The zero-order chi connectivity index (χ0) is 11.5. The molecule has 16 heavy (non-hydrogen) atoms. The van der Waals surface area contributed by atoms with Crippen molar-refractivity contribution in [2.24, 2.45) is 11.7 Å². The highest BCUT2D eigenvalue weighted by atomic mass is 14.7. The molecule has 0 radical (unpaired) electrons. The molecule has 1 aliphatic carbocycles. The van der Waals surface area contributed by atoms with Crippen LogP contribution in [0.1, 0.15) is 24.9 Å². The molecule has 0 bridgehead atoms. The van der Waals surface area contributed by atoms with E-state index in [2.05, 4.69) is 25.2 Å². The SMILES string of the molecule is CC1C=CC=C(C(N)c2ccccc2N)C1. The maximum atomic E-state index is 6.25. The number of nitrogens with two attached hydrogens (primary N) is 2. The van der Waals surface area contributed by atoms with E-state index in [0.717, 1.165) is 17.7 Å². The Kier molecular flexibility index (Phi) is 3.11. The van der Waals surface area contributed by atoms with E-state index >= 15 is 0 Å². The van der Waals surface area contributed by atoms with Gasteiger partial charge < -0.3 is 11.5 Å². The maximum Gasteiger partial charge on any atom is 0.0534 e. The van der Waals surface area contributed by atoms with E-state index in [1.54, 1.807) is 0 Å². The van der Waals surface area contributed by atoms with Gasteiger partial charge in [0.05, 0.1) is 6.04 Å². The number of hydrogen-bond acceptors (Lipinski definition) is 2. The summed E-state index contributed by atoms with van der Waals surface area (Å²) >= 11 is 0. The molecule has 2 heteroatoms. The summed E-state index contributed by atoms with van der Waals surface area (Å²) in [6.45, 7) is 2.20. The number of rotatable bonds is 2. The highest BCUT2D eigenvalue weighted by Gasteiger charge is 2.16. The molecule has 2 rings (SSSR count). The van der Waals surface area contributed by atoms with Gasteiger partial charge in [0.25, 0.3) is 0 Å². The fourth-order valence-electron chi connectivity index (χ4n) is 2.10. The summed E-state index contributed by atoms with van der Waals surface area (Å²) in [4.78, 5) is 0. The molecule has 0 spiro atoms. The summed E-state index contributed by atoms with van der Waals surface area (Å²) in [6.07, 6.45) is 7.41. The lowest BCUT2D eigenvalue weighted by atomic mass is 9.88. The minimum absolute atomic E-state index is 0.0754. The Morgan fingerprint density at radius 3 is 2.75 bits per heavy atom. The van der Waals surface area contributed by atoms with Gasteiger partial charge in [-0.15, -0.1) is 0 Å². The van der Waals surface area contributed by atoms with Gasteiger partial charge in [-0.2, -0.15) is 0 Å². The molecule has 2 nitrogen and oxygen atoms in total. The van der Waals surface area contributed by atoms with Crippen molar-refractivity contribution in [3.63, 3.8) is 0 Å². The fourth-order valence-corrected chi connectivity index (χ4v) is 2.10. The number of allylic oxidation sites excluding steroid dienone is 3. The van der Waals surface area contributed by atoms with E-state index in [-0.39, 0.29) is 6.04 Å². The molecular weight excluding hydrogens is 196 g/mol. The van der Waals surface area contributed by atoms with Crippen LogP contribution in [-0.4, -0.2) is 0 Å². The van der Waals surface area contributed by atoms with Crippen molar-refractivity contribution >= 4 is 5.69 Å². The predicted molar refractivity (Wildman–Crippen MR) is 68.8 cm³/mol. The number of anilines is 1. The quantitative estimate of drug-likeness (QED) is 0.744. The van der Waals surface area contributed by atoms with Gasteiger partial charge in [-0.25, -0.2) is 0 Å². The minimum Gasteiger partial charge on any atom is -0.398 e. The number of hydrogen-bond donors (Lipinski definition) is 2. The molecule has 4 N–H and O–H groups in total. The second kappa shape index (κ2) is 4.54. The van der Waals surface area contributed by atoms with Crippen LogP contribution >= 0.6 is 0 Å². The Morgan fingerprint density at radius 2 is 2.06 bits per heavy atom. The lowest BCUT2D eigenvalue weighted by Gasteiger charge is -2.22. The summed E-state index contributed by atoms with van der Waals surface area (Å²) < 4.78 is 0. The third-order valence-electron chi connectivity index (χ3n) is 3.04. The van der Waals surface area contributed by atoms with E-state index in [9.17, 15) is 0 Å². The van der Waals surface area contributed by atoms with Gasteiger partial charge in [0.2, 0.25) is 0 Å². The van der Waals surface area contributed by atoms with Crippen LogP contribution in [0.5, 0.6) is 0 Å². The van der Waals surface area contributed by atoms with E-state index in [1.807, 2.05) is 24.3 Å². The number of para-hydroxylation sites is 1. The molecule has 84 valence electrons. The Balaban J connectivity index is 2.26. The molecule has 0 aromatic heterocycles. The van der Waals surface area contributed by atoms with E-state index < -0.39 is 0 Å². The Bertz CT molecular complexity index is 432. The van der Waals surface area contributed by atoms with E-state index in [1.165, 1.54) is 5.57 Å². The molecule has 0 saturated carbocycles. The average Bonchev–Trinajstić information content (AvgIpc) is 2.29. The second-order valence-corrected chi connectivity index (χ2v) is 4.41. The van der Waals surface area contributed by atoms with Crippen LogP contribution in [-0.2, 0) is 0 Å². The van der Waals surface area contributed by atoms with Crippen LogP contribution in [0.4, 0.5) is 5.69 Å². The van der Waals surface area contributed by atoms with Crippen molar-refractivity contribution < 1.29 is 0 Å². The zero-order valence-electron chi connectivity index (χ0n) is 9.56. The third kappa shape index (κ3) is 2.17. The Morgan fingerprint density at radius 1 is 1.31 bits per heavy atom. The monoisotopic (exact) mass is 214 g/mol. The van der Waals surface area contributed by atoms with Crippen LogP contribution < -0.4 is 11.5 Å². The molecule has 0 aliphatic heterocycles. The third-order valence-corrected chi connectivity index (χ3v) is 3.04. The van der Waals surface area contributed by atoms with Crippen molar-refractivity contribution in [3.8, 4) is 0 Å². The Labute approximate surface area is 96.6 Å². The summed E-state index contributed by atoms with van der Waals surface area (Å²) in [5.74, 6) is 0.566. The van der Waals surface area contributed by atoms with E-state index in [4.69, 9.17) is 11.5 Å². The van der Waals surface area contributed by atoms with Crippen LogP contribution in [0.25, 0.3) is 0 Å². The van der Waals surface area contributed by atoms with Gasteiger partial charge >= 0.3 is 0 Å². The van der Waals surface area contributed by atoms with Crippen LogP contribution in [0, 0.1) is 5.92 Å². The molecule has 1 aromatic carbocycles. The molecule has 0 fully saturated rings. The van der Waals surface area contributed by atoms with Crippen molar-refractivity contribution in [2.75, 3.05) is 5.73 Å². The Hall–Kier alpha value is -1.54. The zero-order valence-corrected chi connectivity index (χ0v) is 9.56. The van der Waals surface area contributed by atoms with Crippen molar-refractivity contribution in [2.45, 2.75) is 19.4 Å². The predicted octanol–water partition coefficient (Wildman–Crippen LogP) is 2.79. The second-order valence-electron chi connectivity index (χ2n) is 4.41. The smallest absolute Gasteiger partial charge is 0.0534 e. The van der Waals surface area contributed by atoms with Gasteiger partial charge in [-0.1, -0.05) is 43.4 Å². The molecule has 1 aromatic rings. The van der Waals surface area contributed by atoms with Crippen LogP contribution in [0.3, 0.4) is 0 Å². The molecule has 0 heterocycles. The van der Waals surface area contributed by atoms with Crippen molar-refractivity contribution in [1.29, 1.82) is 0 Å². The molecule has 2 atom stereocenters. The first kappa shape index (κ1) is 11.0. The largest absolute Gasteiger partial charge is 0.398 e. The first-order valence-corrected chi connectivity index (χ1v) is 5.65. The molecule has 1 aliphatic rings. The van der Waals surface area contributed by atoms with E-state index in [0.29, 0.717) is 5.92 Å². The molecule has 0 saturated heterocycles. The van der Waals surface area contributed by atoms with Gasteiger partial charge in [-0.05, 0) is 29.5 Å². The molecule has 2 unspecified atom stereocenters. The molecular formula is C14H18N2. The maximum absolute atomic E-state index is 6.25. The lowest BCUT2D eigenvalue weighted by Crippen LogP contribution is -2.17. The van der Waals surface area contributed by atoms with Crippen molar-refractivity contribution in [1.82, 2.24) is 0 Å².